The Morgan fingerprint density at radius 1 is 0.789 bits per heavy atom. The van der Waals surface area contributed by atoms with Crippen molar-refractivity contribution in [2.24, 2.45) is 29.4 Å². The second-order valence-corrected chi connectivity index (χ2v) is 21.4. The lowest BCUT2D eigenvalue weighted by atomic mass is 9.97. The molecule has 388 valence electrons. The summed E-state index contributed by atoms with van der Waals surface area (Å²) in [7, 11) is 4.42. The van der Waals surface area contributed by atoms with Gasteiger partial charge >= 0.3 is 11.9 Å². The van der Waals surface area contributed by atoms with Gasteiger partial charge in [-0.05, 0) is 85.6 Å². The third-order valence-electron chi connectivity index (χ3n) is 13.0. The Morgan fingerprint density at radius 2 is 1.32 bits per heavy atom. The van der Waals surface area contributed by atoms with Crippen LogP contribution in [0.15, 0.2) is 59.2 Å². The summed E-state index contributed by atoms with van der Waals surface area (Å²) < 4.78 is 8.23. The number of carbonyl (C=O) groups excluding carboxylic acids is 6. The zero-order valence-electron chi connectivity index (χ0n) is 43.0. The summed E-state index contributed by atoms with van der Waals surface area (Å²) in [6, 6.07) is 11.0. The van der Waals surface area contributed by atoms with Gasteiger partial charge in [0.25, 0.3) is 0 Å². The lowest BCUT2D eigenvalue weighted by molar-refractivity contribution is -0.169. The van der Waals surface area contributed by atoms with Crippen LogP contribution >= 0.6 is 15.9 Å². The Balaban J connectivity index is 1.74. The van der Waals surface area contributed by atoms with Gasteiger partial charge in [-0.3, -0.25) is 24.0 Å². The van der Waals surface area contributed by atoms with Crippen molar-refractivity contribution in [3.05, 3.63) is 70.3 Å². The normalized spacial score (nSPS) is 15.5. The van der Waals surface area contributed by atoms with Crippen LogP contribution in [0.2, 0.25) is 0 Å². The Hall–Kier alpha value is -5.80. The number of ether oxygens (including phenoxy) is 1. The van der Waals surface area contributed by atoms with E-state index >= 15 is 9.59 Å². The third kappa shape index (κ3) is 16.6. The fourth-order valence-corrected chi connectivity index (χ4v) is 8.98. The van der Waals surface area contributed by atoms with Crippen molar-refractivity contribution in [1.29, 1.82) is 5.26 Å². The SMILES string of the molecule is CC(C)C[C@H](NC(=O)[C@H](Cc1cn(Cc2ccc(Br)cc2)c2ccccc12)N(C)C(=O)[C@H](CC(C)C)NC(=O)[C@H](CC(C)C)N(C)C(=O)[C@@H](N)CC1CC1)C(=O)N(C)[C@@H](C)C(=O)OC(CCC#N)C(=O)O. The number of halogens is 1. The standard InChI is InChI=1S/C53H75BrN8O9/c1-31(2)24-41(50(66)59(8)34(7)53(70)71-46(52(68)69)16-13-23-55)57-48(64)45(28-37-30-62(43-15-12-11-14-39(37)43)29-36-19-21-38(54)22-20-36)61(10)51(67)42(25-32(3)4)58-47(63)44(26-33(5)6)60(9)49(65)40(56)27-35-17-18-35/h11-12,14-15,19-22,30-35,40-42,44-46H,13,16-18,24-29,56H2,1-10H3,(H,57,64)(H,58,63)(H,68,69)/t34-,40-,41-,42-,44-,45-,46?/m0/s1. The quantitative estimate of drug-likeness (QED) is 0.0643. The van der Waals surface area contributed by atoms with Crippen LogP contribution in [0.5, 0.6) is 0 Å². The fourth-order valence-electron chi connectivity index (χ4n) is 8.72. The van der Waals surface area contributed by atoms with E-state index in [1.807, 2.05) is 102 Å². The molecule has 1 saturated carbocycles. The van der Waals surface area contributed by atoms with Gasteiger partial charge in [-0.1, -0.05) is 101 Å². The van der Waals surface area contributed by atoms with Crippen molar-refractivity contribution < 1.29 is 43.4 Å². The van der Waals surface area contributed by atoms with Gasteiger partial charge in [-0.2, -0.15) is 5.26 Å². The number of amides is 5. The monoisotopic (exact) mass is 1050 g/mol. The third-order valence-corrected chi connectivity index (χ3v) is 13.6. The molecule has 1 heterocycles. The van der Waals surface area contributed by atoms with E-state index in [2.05, 4.69) is 31.1 Å². The minimum absolute atomic E-state index is 0.00318. The number of nitriles is 1. The minimum Gasteiger partial charge on any atom is -0.479 e. The first-order valence-electron chi connectivity index (χ1n) is 24.7. The van der Waals surface area contributed by atoms with E-state index in [9.17, 15) is 29.1 Å². The Morgan fingerprint density at radius 3 is 1.86 bits per heavy atom. The van der Waals surface area contributed by atoms with Crippen LogP contribution < -0.4 is 16.4 Å². The fraction of sp³-hybridized carbons (Fsp3) is 0.585. The summed E-state index contributed by atoms with van der Waals surface area (Å²) in [5.41, 5.74) is 9.02. The Kier molecular flexibility index (Phi) is 21.6. The van der Waals surface area contributed by atoms with E-state index in [-0.39, 0.29) is 55.8 Å². The van der Waals surface area contributed by atoms with Crippen molar-refractivity contribution in [2.45, 2.75) is 155 Å². The highest BCUT2D eigenvalue weighted by Crippen LogP contribution is 2.33. The number of hydrogen-bond acceptors (Lipinski definition) is 10. The zero-order valence-corrected chi connectivity index (χ0v) is 44.6. The number of carboxylic acids is 1. The molecule has 2 aromatic carbocycles. The smallest absolute Gasteiger partial charge is 0.345 e. The number of nitrogens with zero attached hydrogens (tertiary/aromatic N) is 5. The predicted octanol–water partition coefficient (Wildman–Crippen LogP) is 6.03. The van der Waals surface area contributed by atoms with Gasteiger partial charge in [0.2, 0.25) is 29.5 Å². The van der Waals surface area contributed by atoms with Crippen molar-refractivity contribution in [1.82, 2.24) is 29.9 Å². The van der Waals surface area contributed by atoms with E-state index < -0.39 is 77.9 Å². The molecule has 1 unspecified atom stereocenters. The molecule has 3 aromatic rings. The minimum atomic E-state index is -1.60. The Bertz CT molecular complexity index is 2380. The van der Waals surface area contributed by atoms with Gasteiger partial charge in [0.1, 0.15) is 30.2 Å². The maximum atomic E-state index is 15.1. The van der Waals surface area contributed by atoms with E-state index in [0.717, 1.165) is 44.2 Å². The summed E-state index contributed by atoms with van der Waals surface area (Å²) in [5.74, 6) is -5.02. The van der Waals surface area contributed by atoms with Gasteiger partial charge in [-0.15, -0.1) is 0 Å². The summed E-state index contributed by atoms with van der Waals surface area (Å²) in [6.07, 6.45) is 3.16. The van der Waals surface area contributed by atoms with Crippen LogP contribution in [0.3, 0.4) is 0 Å². The van der Waals surface area contributed by atoms with Gasteiger partial charge in [-0.25, -0.2) is 9.59 Å². The first-order valence-corrected chi connectivity index (χ1v) is 25.5. The van der Waals surface area contributed by atoms with Crippen LogP contribution in [0.4, 0.5) is 0 Å². The van der Waals surface area contributed by atoms with Crippen LogP contribution in [0.1, 0.15) is 111 Å². The van der Waals surface area contributed by atoms with E-state index in [1.54, 1.807) is 7.05 Å². The number of carboxylic acid groups (broad SMARTS) is 1. The lowest BCUT2D eigenvalue weighted by Gasteiger charge is -2.35. The Labute approximate surface area is 427 Å². The summed E-state index contributed by atoms with van der Waals surface area (Å²) in [6.45, 7) is 13.3. The zero-order chi connectivity index (χ0) is 52.9. The number of aliphatic carboxylic acids is 1. The molecular formula is C53H75BrN8O9. The number of rotatable bonds is 27. The molecule has 7 atom stereocenters. The number of likely N-dealkylation sites (N-methyl/N-ethyl adjacent to an activating group) is 3. The van der Waals surface area contributed by atoms with Gasteiger partial charge in [0, 0.05) is 68.5 Å². The number of benzene rings is 2. The second-order valence-electron chi connectivity index (χ2n) is 20.4. The van der Waals surface area contributed by atoms with Crippen LogP contribution in [0.25, 0.3) is 10.9 Å². The highest BCUT2D eigenvalue weighted by Gasteiger charge is 2.40. The highest BCUT2D eigenvalue weighted by atomic mass is 79.9. The lowest BCUT2D eigenvalue weighted by Crippen LogP contribution is -2.60. The van der Waals surface area contributed by atoms with Crippen molar-refractivity contribution in [2.75, 3.05) is 21.1 Å². The number of nitrogens with two attached hydrogens (primary N) is 1. The molecule has 0 radical (unpaired) electrons. The number of aromatic nitrogens is 1. The molecule has 71 heavy (non-hydrogen) atoms. The summed E-state index contributed by atoms with van der Waals surface area (Å²) >= 11 is 3.51. The van der Waals surface area contributed by atoms with E-state index in [1.165, 1.54) is 30.8 Å². The molecule has 5 amide bonds. The van der Waals surface area contributed by atoms with Gasteiger partial charge < -0.3 is 45.5 Å². The largest absolute Gasteiger partial charge is 0.479 e. The molecule has 0 bridgehead atoms. The number of para-hydroxylation sites is 1. The molecule has 0 spiro atoms. The molecule has 5 N–H and O–H groups in total. The predicted molar refractivity (Wildman–Crippen MR) is 274 cm³/mol. The number of carbonyl (C=O) groups is 7. The molecule has 4 rings (SSSR count). The molecular weight excluding hydrogens is 973 g/mol. The molecule has 1 aliphatic carbocycles. The van der Waals surface area contributed by atoms with Crippen molar-refractivity contribution >= 4 is 68.3 Å². The number of esters is 1. The van der Waals surface area contributed by atoms with Gasteiger partial charge in [0.15, 0.2) is 6.10 Å². The number of nitrogens with one attached hydrogen (secondary N) is 2. The summed E-state index contributed by atoms with van der Waals surface area (Å²) in [5, 5.41) is 25.3. The van der Waals surface area contributed by atoms with E-state index in [4.69, 9.17) is 15.7 Å². The van der Waals surface area contributed by atoms with Crippen molar-refractivity contribution in [3.8, 4) is 6.07 Å². The highest BCUT2D eigenvalue weighted by molar-refractivity contribution is 9.10. The molecule has 1 aliphatic rings. The first kappa shape index (κ1) is 57.8. The average Bonchev–Trinajstić information content (AvgIpc) is 4.08. The molecule has 18 heteroatoms. The topological polar surface area (TPSA) is 237 Å². The molecule has 1 fully saturated rings. The average molecular weight is 1050 g/mol. The molecule has 0 saturated heterocycles. The second kappa shape index (κ2) is 26.6. The molecule has 1 aromatic heterocycles. The maximum Gasteiger partial charge on any atom is 0.345 e. The van der Waals surface area contributed by atoms with Crippen LogP contribution in [-0.4, -0.2) is 129 Å². The van der Waals surface area contributed by atoms with E-state index in [0.29, 0.717) is 25.3 Å². The maximum absolute atomic E-state index is 15.1. The van der Waals surface area contributed by atoms with Crippen LogP contribution in [-0.2, 0) is 51.3 Å². The van der Waals surface area contributed by atoms with Gasteiger partial charge in [0.05, 0.1) is 12.1 Å². The molecule has 0 aliphatic heterocycles. The molecule has 17 nitrogen and oxygen atoms in total. The van der Waals surface area contributed by atoms with Crippen molar-refractivity contribution in [3.63, 3.8) is 0 Å². The summed E-state index contributed by atoms with van der Waals surface area (Å²) in [4.78, 5) is 101. The van der Waals surface area contributed by atoms with Crippen LogP contribution in [0, 0.1) is 35.0 Å². The number of fused-ring (bicyclic) bond motifs is 1. The number of hydrogen-bond donors (Lipinski definition) is 4. The first-order chi connectivity index (χ1) is 33.4.